The van der Waals surface area contributed by atoms with Gasteiger partial charge in [-0.1, -0.05) is 0 Å². The first-order chi connectivity index (χ1) is 4.93. The molecule has 1 N–H and O–H groups in total. The normalized spacial score (nSPS) is 17.2. The van der Waals surface area contributed by atoms with Gasteiger partial charge in [-0.3, -0.25) is 0 Å². The molecule has 4 heteroatoms. The standard InChI is InChI=1S/C7H15NO2.ClH/c1-2-9-3-4-10-7-5-8-6-7;/h7-8H,2-6H2,1H3;1H. The molecule has 1 heterocycles. The Bertz CT molecular complexity index is 88.5. The number of nitrogens with one attached hydrogen (secondary N) is 1. The van der Waals surface area contributed by atoms with Crippen molar-refractivity contribution < 1.29 is 9.47 Å². The van der Waals surface area contributed by atoms with Crippen LogP contribution in [0, 0.1) is 0 Å². The largest absolute Gasteiger partial charge is 0.379 e. The van der Waals surface area contributed by atoms with Gasteiger partial charge in [-0.15, -0.1) is 12.4 Å². The Hall–Kier alpha value is 0.170. The molecule has 1 fully saturated rings. The number of rotatable bonds is 5. The van der Waals surface area contributed by atoms with Crippen molar-refractivity contribution in [1.29, 1.82) is 0 Å². The molecular formula is C7H16ClNO2. The molecule has 0 radical (unpaired) electrons. The lowest BCUT2D eigenvalue weighted by atomic mass is 10.2. The van der Waals surface area contributed by atoms with Crippen LogP contribution >= 0.6 is 12.4 Å². The third-order valence-electron chi connectivity index (χ3n) is 1.53. The first kappa shape index (κ1) is 11.2. The Morgan fingerprint density at radius 1 is 1.36 bits per heavy atom. The zero-order valence-corrected chi connectivity index (χ0v) is 7.65. The molecular weight excluding hydrogens is 166 g/mol. The van der Waals surface area contributed by atoms with Gasteiger partial charge in [0.15, 0.2) is 0 Å². The van der Waals surface area contributed by atoms with E-state index in [0.29, 0.717) is 6.10 Å². The Kier molecular flexibility index (Phi) is 6.96. The zero-order valence-electron chi connectivity index (χ0n) is 6.84. The number of hydrogen-bond donors (Lipinski definition) is 1. The molecule has 1 aliphatic rings. The summed E-state index contributed by atoms with van der Waals surface area (Å²) in [5.74, 6) is 0. The van der Waals surface area contributed by atoms with Gasteiger partial charge in [0.05, 0.1) is 19.3 Å². The number of hydrogen-bond acceptors (Lipinski definition) is 3. The lowest BCUT2D eigenvalue weighted by molar-refractivity contribution is -0.0146. The smallest absolute Gasteiger partial charge is 0.0824 e. The first-order valence-electron chi connectivity index (χ1n) is 3.83. The van der Waals surface area contributed by atoms with Crippen LogP contribution in [0.2, 0.25) is 0 Å². The fraction of sp³-hybridized carbons (Fsp3) is 1.00. The van der Waals surface area contributed by atoms with Gasteiger partial charge < -0.3 is 14.8 Å². The maximum atomic E-state index is 5.39. The Morgan fingerprint density at radius 2 is 2.09 bits per heavy atom. The highest BCUT2D eigenvalue weighted by molar-refractivity contribution is 5.85. The van der Waals surface area contributed by atoms with Crippen LogP contribution in [0.1, 0.15) is 6.92 Å². The Labute approximate surface area is 73.9 Å². The molecule has 0 aromatic heterocycles. The highest BCUT2D eigenvalue weighted by atomic mass is 35.5. The Balaban J connectivity index is 0.000001000. The zero-order chi connectivity index (χ0) is 7.23. The lowest BCUT2D eigenvalue weighted by Crippen LogP contribution is -2.48. The molecule has 0 aliphatic carbocycles. The van der Waals surface area contributed by atoms with Gasteiger partial charge in [-0.25, -0.2) is 0 Å². The minimum atomic E-state index is 0. The van der Waals surface area contributed by atoms with E-state index >= 15 is 0 Å². The van der Waals surface area contributed by atoms with Crippen molar-refractivity contribution in [1.82, 2.24) is 5.32 Å². The van der Waals surface area contributed by atoms with Crippen molar-refractivity contribution in [3.8, 4) is 0 Å². The maximum absolute atomic E-state index is 5.39. The van der Waals surface area contributed by atoms with E-state index in [9.17, 15) is 0 Å². The second-order valence-electron chi connectivity index (χ2n) is 2.35. The molecule has 0 spiro atoms. The predicted octanol–water partition coefficient (Wildman–Crippen LogP) is 0.433. The van der Waals surface area contributed by atoms with Crippen LogP contribution in [0.5, 0.6) is 0 Å². The molecule has 1 aliphatic heterocycles. The van der Waals surface area contributed by atoms with Gasteiger partial charge in [0.2, 0.25) is 0 Å². The summed E-state index contributed by atoms with van der Waals surface area (Å²) in [4.78, 5) is 0. The molecule has 1 rings (SSSR count). The second-order valence-corrected chi connectivity index (χ2v) is 2.35. The fourth-order valence-electron chi connectivity index (χ4n) is 0.798. The van der Waals surface area contributed by atoms with E-state index in [1.807, 2.05) is 6.92 Å². The summed E-state index contributed by atoms with van der Waals surface area (Å²) < 4.78 is 10.5. The molecule has 11 heavy (non-hydrogen) atoms. The van der Waals surface area contributed by atoms with Gasteiger partial charge in [0, 0.05) is 19.7 Å². The number of ether oxygens (including phenoxy) is 2. The molecule has 1 saturated heterocycles. The molecule has 0 atom stereocenters. The van der Waals surface area contributed by atoms with Gasteiger partial charge in [0.25, 0.3) is 0 Å². The van der Waals surface area contributed by atoms with Crippen LogP contribution in [-0.2, 0) is 9.47 Å². The third kappa shape index (κ3) is 4.58. The third-order valence-corrected chi connectivity index (χ3v) is 1.53. The van der Waals surface area contributed by atoms with E-state index in [4.69, 9.17) is 9.47 Å². The Morgan fingerprint density at radius 3 is 2.55 bits per heavy atom. The van der Waals surface area contributed by atoms with E-state index in [0.717, 1.165) is 32.9 Å². The highest BCUT2D eigenvalue weighted by Crippen LogP contribution is 1.96. The minimum absolute atomic E-state index is 0. The van der Waals surface area contributed by atoms with Crippen molar-refractivity contribution in [3.05, 3.63) is 0 Å². The summed E-state index contributed by atoms with van der Waals surface area (Å²) in [5.41, 5.74) is 0. The monoisotopic (exact) mass is 181 g/mol. The molecule has 3 nitrogen and oxygen atoms in total. The van der Waals surface area contributed by atoms with Crippen LogP contribution in [0.25, 0.3) is 0 Å². The quantitative estimate of drug-likeness (QED) is 0.625. The SMILES string of the molecule is CCOCCOC1CNC1.Cl. The summed E-state index contributed by atoms with van der Waals surface area (Å²) in [6, 6.07) is 0. The highest BCUT2D eigenvalue weighted by Gasteiger charge is 2.15. The van der Waals surface area contributed by atoms with E-state index in [1.165, 1.54) is 0 Å². The predicted molar refractivity (Wildman–Crippen MR) is 46.4 cm³/mol. The molecule has 0 aromatic carbocycles. The maximum Gasteiger partial charge on any atom is 0.0824 e. The van der Waals surface area contributed by atoms with Crippen molar-refractivity contribution in [2.75, 3.05) is 32.9 Å². The van der Waals surface area contributed by atoms with Gasteiger partial charge in [-0.05, 0) is 6.92 Å². The van der Waals surface area contributed by atoms with Crippen LogP contribution in [0.4, 0.5) is 0 Å². The van der Waals surface area contributed by atoms with E-state index < -0.39 is 0 Å². The van der Waals surface area contributed by atoms with E-state index in [1.54, 1.807) is 0 Å². The first-order valence-corrected chi connectivity index (χ1v) is 3.83. The average Bonchev–Trinajstić information content (AvgIpc) is 1.84. The average molecular weight is 182 g/mol. The van der Waals surface area contributed by atoms with Crippen LogP contribution < -0.4 is 5.32 Å². The molecule has 68 valence electrons. The van der Waals surface area contributed by atoms with E-state index in [-0.39, 0.29) is 12.4 Å². The summed E-state index contributed by atoms with van der Waals surface area (Å²) in [7, 11) is 0. The molecule has 0 unspecified atom stereocenters. The topological polar surface area (TPSA) is 30.5 Å². The van der Waals surface area contributed by atoms with Gasteiger partial charge in [0.1, 0.15) is 0 Å². The summed E-state index contributed by atoms with van der Waals surface area (Å²) in [5, 5.41) is 3.14. The van der Waals surface area contributed by atoms with Crippen molar-refractivity contribution >= 4 is 12.4 Å². The molecule has 0 saturated carbocycles. The molecule has 0 aromatic rings. The minimum Gasteiger partial charge on any atom is -0.379 e. The summed E-state index contributed by atoms with van der Waals surface area (Å²) in [6.07, 6.45) is 0.445. The second kappa shape index (κ2) is 6.85. The fourth-order valence-corrected chi connectivity index (χ4v) is 0.798. The number of halogens is 1. The summed E-state index contributed by atoms with van der Waals surface area (Å²) in [6.45, 7) is 6.25. The van der Waals surface area contributed by atoms with Crippen molar-refractivity contribution in [2.24, 2.45) is 0 Å². The van der Waals surface area contributed by atoms with E-state index in [2.05, 4.69) is 5.32 Å². The lowest BCUT2D eigenvalue weighted by Gasteiger charge is -2.26. The van der Waals surface area contributed by atoms with Crippen molar-refractivity contribution in [2.45, 2.75) is 13.0 Å². The van der Waals surface area contributed by atoms with Crippen molar-refractivity contribution in [3.63, 3.8) is 0 Å². The molecule has 0 amide bonds. The van der Waals surface area contributed by atoms with Gasteiger partial charge in [-0.2, -0.15) is 0 Å². The molecule has 0 bridgehead atoms. The van der Waals surface area contributed by atoms with Crippen LogP contribution in [0.3, 0.4) is 0 Å². The van der Waals surface area contributed by atoms with Gasteiger partial charge >= 0.3 is 0 Å². The van der Waals surface area contributed by atoms with Crippen LogP contribution in [0.15, 0.2) is 0 Å². The van der Waals surface area contributed by atoms with Crippen LogP contribution in [-0.4, -0.2) is 39.0 Å². The summed E-state index contributed by atoms with van der Waals surface area (Å²) >= 11 is 0.